The number of hydrazine groups is 1. The highest BCUT2D eigenvalue weighted by molar-refractivity contribution is 7.98. The number of nitrogen functional groups attached to an aromatic ring is 1. The van der Waals surface area contributed by atoms with Gasteiger partial charge in [-0.05, 0) is 17.9 Å². The first-order chi connectivity index (χ1) is 8.19. The maximum atomic E-state index is 5.37. The largest absolute Gasteiger partial charge is 0.370 e. The van der Waals surface area contributed by atoms with Crippen molar-refractivity contribution in [2.45, 2.75) is 20.3 Å². The molecule has 0 spiro atoms. The van der Waals surface area contributed by atoms with Gasteiger partial charge in [0.05, 0.1) is 0 Å². The molecule has 0 saturated carbocycles. The molecule has 1 aromatic heterocycles. The fourth-order valence-corrected chi connectivity index (χ4v) is 2.13. The monoisotopic (exact) mass is 255 g/mol. The molecule has 0 aromatic carbocycles. The van der Waals surface area contributed by atoms with E-state index in [0.29, 0.717) is 11.7 Å². The molecule has 0 aliphatic carbocycles. The molecule has 6 heteroatoms. The number of anilines is 2. The van der Waals surface area contributed by atoms with Crippen molar-refractivity contribution in [3.05, 3.63) is 11.9 Å². The molecule has 1 rings (SSSR count). The average Bonchev–Trinajstić information content (AvgIpc) is 2.36. The molecule has 17 heavy (non-hydrogen) atoms. The Morgan fingerprint density at radius 2 is 2.12 bits per heavy atom. The van der Waals surface area contributed by atoms with Gasteiger partial charge in [0.25, 0.3) is 0 Å². The minimum absolute atomic E-state index is 0.610. The van der Waals surface area contributed by atoms with Gasteiger partial charge in [-0.3, -0.25) is 0 Å². The summed E-state index contributed by atoms with van der Waals surface area (Å²) in [4.78, 5) is 8.65. The molecular weight excluding hydrogens is 234 g/mol. The van der Waals surface area contributed by atoms with Gasteiger partial charge in [-0.15, -0.1) is 0 Å². The molecule has 0 amide bonds. The summed E-state index contributed by atoms with van der Waals surface area (Å²) in [5, 5.41) is 3.32. The van der Waals surface area contributed by atoms with Crippen LogP contribution in [0, 0.1) is 5.92 Å². The van der Waals surface area contributed by atoms with Crippen LogP contribution in [0.4, 0.5) is 11.6 Å². The summed E-state index contributed by atoms with van der Waals surface area (Å²) in [6, 6.07) is 1.82. The lowest BCUT2D eigenvalue weighted by Gasteiger charge is -2.13. The molecule has 5 nitrogen and oxygen atoms in total. The van der Waals surface area contributed by atoms with Gasteiger partial charge in [0.2, 0.25) is 0 Å². The molecule has 96 valence electrons. The molecule has 4 N–H and O–H groups in total. The highest BCUT2D eigenvalue weighted by Gasteiger charge is 2.05. The van der Waals surface area contributed by atoms with Crippen molar-refractivity contribution in [1.82, 2.24) is 9.97 Å². The molecule has 0 fully saturated rings. The van der Waals surface area contributed by atoms with Gasteiger partial charge in [-0.1, -0.05) is 13.8 Å². The van der Waals surface area contributed by atoms with E-state index in [-0.39, 0.29) is 0 Å². The zero-order chi connectivity index (χ0) is 12.7. The predicted molar refractivity (Wildman–Crippen MR) is 75.3 cm³/mol. The molecule has 0 radical (unpaired) electrons. The van der Waals surface area contributed by atoms with Crippen molar-refractivity contribution in [3.63, 3.8) is 0 Å². The van der Waals surface area contributed by atoms with E-state index < -0.39 is 0 Å². The van der Waals surface area contributed by atoms with Crippen LogP contribution >= 0.6 is 11.8 Å². The summed E-state index contributed by atoms with van der Waals surface area (Å²) in [5.74, 6) is 9.40. The second-order valence-electron chi connectivity index (χ2n) is 3.99. The number of nitrogens with one attached hydrogen (secondary N) is 2. The van der Waals surface area contributed by atoms with E-state index in [1.165, 1.54) is 0 Å². The smallest absolute Gasteiger partial charge is 0.145 e. The number of nitrogens with zero attached hydrogens (tertiary/aromatic N) is 2. The minimum Gasteiger partial charge on any atom is -0.370 e. The van der Waals surface area contributed by atoms with Gasteiger partial charge >= 0.3 is 0 Å². The Hall–Kier alpha value is -1.01. The van der Waals surface area contributed by atoms with Crippen LogP contribution in [0.5, 0.6) is 0 Å². The maximum absolute atomic E-state index is 5.37. The number of nitrogens with two attached hydrogens (primary N) is 1. The third-order valence-electron chi connectivity index (χ3n) is 2.32. The van der Waals surface area contributed by atoms with E-state index in [2.05, 4.69) is 33.9 Å². The van der Waals surface area contributed by atoms with Gasteiger partial charge in [-0.25, -0.2) is 15.8 Å². The number of hydrogen-bond acceptors (Lipinski definition) is 6. The summed E-state index contributed by atoms with van der Waals surface area (Å²) in [7, 11) is 0. The molecule has 0 saturated heterocycles. The van der Waals surface area contributed by atoms with E-state index in [0.717, 1.165) is 30.4 Å². The highest BCUT2D eigenvalue weighted by atomic mass is 32.2. The normalized spacial score (nSPS) is 12.2. The first kappa shape index (κ1) is 14.1. The Bertz CT molecular complexity index is 322. The zero-order valence-corrected chi connectivity index (χ0v) is 11.5. The van der Waals surface area contributed by atoms with E-state index in [1.54, 1.807) is 0 Å². The lowest BCUT2D eigenvalue weighted by atomic mass is 10.2. The summed E-state index contributed by atoms with van der Waals surface area (Å²) >= 11 is 1.86. The number of aromatic nitrogens is 2. The van der Waals surface area contributed by atoms with Gasteiger partial charge in [0.1, 0.15) is 17.5 Å². The van der Waals surface area contributed by atoms with Crippen molar-refractivity contribution >= 4 is 23.4 Å². The van der Waals surface area contributed by atoms with E-state index in [9.17, 15) is 0 Å². The zero-order valence-electron chi connectivity index (χ0n) is 10.7. The Kier molecular flexibility index (Phi) is 6.07. The minimum atomic E-state index is 0.610. The summed E-state index contributed by atoms with van der Waals surface area (Å²) in [6.45, 7) is 5.15. The van der Waals surface area contributed by atoms with Crippen molar-refractivity contribution in [2.24, 2.45) is 11.8 Å². The van der Waals surface area contributed by atoms with E-state index >= 15 is 0 Å². The fourth-order valence-electron chi connectivity index (χ4n) is 1.44. The van der Waals surface area contributed by atoms with Crippen molar-refractivity contribution in [1.29, 1.82) is 0 Å². The Balaban J connectivity index is 2.63. The molecular formula is C11H21N5S. The molecule has 0 bridgehead atoms. The molecule has 1 atom stereocenters. The van der Waals surface area contributed by atoms with Crippen LogP contribution in [-0.4, -0.2) is 28.5 Å². The highest BCUT2D eigenvalue weighted by Crippen LogP contribution is 2.12. The number of rotatable bonds is 7. The Labute approximate surface area is 107 Å². The van der Waals surface area contributed by atoms with Crippen molar-refractivity contribution in [2.75, 3.05) is 29.3 Å². The summed E-state index contributed by atoms with van der Waals surface area (Å²) < 4.78 is 0. The van der Waals surface area contributed by atoms with Gasteiger partial charge in [0, 0.05) is 19.0 Å². The van der Waals surface area contributed by atoms with Crippen LogP contribution in [0.3, 0.4) is 0 Å². The standard InChI is InChI=1S/C11H21N5S/c1-4-9-14-10(5-11(15-9)16-12)13-6-8(2)7-17-3/h5,8H,4,6-7,12H2,1-3H3,(H2,13,14,15,16). The van der Waals surface area contributed by atoms with Crippen LogP contribution in [-0.2, 0) is 6.42 Å². The first-order valence-corrected chi connectivity index (χ1v) is 7.16. The first-order valence-electron chi connectivity index (χ1n) is 5.77. The van der Waals surface area contributed by atoms with Crippen molar-refractivity contribution < 1.29 is 0 Å². The molecule has 1 heterocycles. The van der Waals surface area contributed by atoms with Gasteiger partial charge < -0.3 is 10.7 Å². The Morgan fingerprint density at radius 1 is 1.41 bits per heavy atom. The van der Waals surface area contributed by atoms with Crippen LogP contribution in [0.15, 0.2) is 6.07 Å². The summed E-state index contributed by atoms with van der Waals surface area (Å²) in [6.07, 6.45) is 2.91. The molecule has 0 aliphatic heterocycles. The molecule has 0 aliphatic rings. The van der Waals surface area contributed by atoms with Crippen LogP contribution < -0.4 is 16.6 Å². The molecule has 1 unspecified atom stereocenters. The SMILES string of the molecule is CCc1nc(NN)cc(NCC(C)CSC)n1. The third kappa shape index (κ3) is 4.79. The Morgan fingerprint density at radius 3 is 2.71 bits per heavy atom. The number of aryl methyl sites for hydroxylation is 1. The molecule has 1 aromatic rings. The number of thioether (sulfide) groups is 1. The lowest BCUT2D eigenvalue weighted by Crippen LogP contribution is -2.16. The van der Waals surface area contributed by atoms with Gasteiger partial charge in [-0.2, -0.15) is 11.8 Å². The van der Waals surface area contributed by atoms with Crippen LogP contribution in [0.2, 0.25) is 0 Å². The fraction of sp³-hybridized carbons (Fsp3) is 0.636. The van der Waals surface area contributed by atoms with Crippen LogP contribution in [0.25, 0.3) is 0 Å². The lowest BCUT2D eigenvalue weighted by molar-refractivity contribution is 0.698. The average molecular weight is 255 g/mol. The second-order valence-corrected chi connectivity index (χ2v) is 4.90. The number of hydrogen-bond donors (Lipinski definition) is 3. The second kappa shape index (κ2) is 7.34. The van der Waals surface area contributed by atoms with Gasteiger partial charge in [0.15, 0.2) is 0 Å². The van der Waals surface area contributed by atoms with Crippen molar-refractivity contribution in [3.8, 4) is 0 Å². The topological polar surface area (TPSA) is 75.9 Å². The predicted octanol–water partition coefficient (Wildman–Crippen LogP) is 1.74. The quantitative estimate of drug-likeness (QED) is 0.509. The summed E-state index contributed by atoms with van der Waals surface area (Å²) in [5.41, 5.74) is 2.56. The van der Waals surface area contributed by atoms with E-state index in [1.807, 2.05) is 24.8 Å². The van der Waals surface area contributed by atoms with Crippen LogP contribution in [0.1, 0.15) is 19.7 Å². The maximum Gasteiger partial charge on any atom is 0.145 e. The third-order valence-corrected chi connectivity index (χ3v) is 3.22. The van der Waals surface area contributed by atoms with E-state index in [4.69, 9.17) is 5.84 Å².